The number of hydrogen-bond donors (Lipinski definition) is 1. The van der Waals surface area contributed by atoms with E-state index in [1.54, 1.807) is 0 Å². The number of tetrazole rings is 1. The maximum absolute atomic E-state index is 4.60. The van der Waals surface area contributed by atoms with Crippen LogP contribution in [0.15, 0.2) is 18.3 Å². The largest absolute Gasteiger partial charge is 0.362 e. The van der Waals surface area contributed by atoms with Gasteiger partial charge in [-0.15, -0.1) is 14.8 Å². The lowest BCUT2D eigenvalue weighted by atomic mass is 10.1. The molecule has 22 heavy (non-hydrogen) atoms. The maximum atomic E-state index is 4.60. The monoisotopic (exact) mass is 300 g/mol. The van der Waals surface area contributed by atoms with Crippen LogP contribution in [0.5, 0.6) is 0 Å². The van der Waals surface area contributed by atoms with Crippen LogP contribution in [0, 0.1) is 6.92 Å². The second-order valence-electron chi connectivity index (χ2n) is 6.40. The Kier molecular flexibility index (Phi) is 3.31. The summed E-state index contributed by atoms with van der Waals surface area (Å²) in [6.45, 7) is 10.5. The number of fused-ring (bicyclic) bond motifs is 1. The molecule has 0 amide bonds. The van der Waals surface area contributed by atoms with Crippen molar-refractivity contribution in [2.24, 2.45) is 0 Å². The van der Waals surface area contributed by atoms with Gasteiger partial charge >= 0.3 is 0 Å². The van der Waals surface area contributed by atoms with Crippen LogP contribution in [-0.2, 0) is 5.54 Å². The van der Waals surface area contributed by atoms with Gasteiger partial charge in [-0.1, -0.05) is 0 Å². The minimum absolute atomic E-state index is 0.0354. The smallest absolute Gasteiger partial charge is 0.200 e. The first-order valence-electron chi connectivity index (χ1n) is 7.23. The SMILES string of the molecule is Cc1nn(C(C)(C)C)cc1C(C)Nc1ccc2nnnn2n1. The summed E-state index contributed by atoms with van der Waals surface area (Å²) in [5.41, 5.74) is 2.74. The Labute approximate surface area is 128 Å². The van der Waals surface area contributed by atoms with Gasteiger partial charge in [0.1, 0.15) is 5.82 Å². The van der Waals surface area contributed by atoms with Gasteiger partial charge in [-0.3, -0.25) is 4.68 Å². The average Bonchev–Trinajstić information content (AvgIpc) is 3.03. The molecule has 0 aliphatic heterocycles. The molecule has 1 N–H and O–H groups in total. The second kappa shape index (κ2) is 5.04. The number of nitrogens with zero attached hydrogens (tertiary/aromatic N) is 7. The highest BCUT2D eigenvalue weighted by atomic mass is 15.6. The molecular formula is C14H20N8. The van der Waals surface area contributed by atoms with E-state index in [-0.39, 0.29) is 11.6 Å². The lowest BCUT2D eigenvalue weighted by Gasteiger charge is -2.19. The minimum Gasteiger partial charge on any atom is -0.362 e. The summed E-state index contributed by atoms with van der Waals surface area (Å²) >= 11 is 0. The van der Waals surface area contributed by atoms with Crippen molar-refractivity contribution < 1.29 is 0 Å². The predicted molar refractivity (Wildman–Crippen MR) is 82.6 cm³/mol. The van der Waals surface area contributed by atoms with E-state index in [0.29, 0.717) is 5.65 Å². The molecule has 0 saturated heterocycles. The summed E-state index contributed by atoms with van der Waals surface area (Å²) in [7, 11) is 0. The van der Waals surface area contributed by atoms with Crippen molar-refractivity contribution in [1.29, 1.82) is 0 Å². The molecule has 1 atom stereocenters. The van der Waals surface area contributed by atoms with Gasteiger partial charge in [-0.2, -0.15) is 5.10 Å². The van der Waals surface area contributed by atoms with Crippen LogP contribution < -0.4 is 5.32 Å². The number of hydrogen-bond acceptors (Lipinski definition) is 6. The van der Waals surface area contributed by atoms with Crippen molar-refractivity contribution in [3.8, 4) is 0 Å². The zero-order valence-electron chi connectivity index (χ0n) is 13.4. The van der Waals surface area contributed by atoms with E-state index >= 15 is 0 Å². The standard InChI is InChI=1S/C14H20N8/c1-9(11-8-21(14(3,4)5)17-10(11)2)15-12-6-7-13-16-19-20-22(13)18-12/h6-9H,1-5H3,(H,15,18). The summed E-state index contributed by atoms with van der Waals surface area (Å²) in [6.07, 6.45) is 2.09. The molecule has 1 unspecified atom stereocenters. The van der Waals surface area contributed by atoms with Gasteiger partial charge in [0.15, 0.2) is 5.65 Å². The Morgan fingerprint density at radius 1 is 1.18 bits per heavy atom. The fourth-order valence-corrected chi connectivity index (χ4v) is 2.27. The van der Waals surface area contributed by atoms with Gasteiger partial charge in [-0.05, 0) is 57.2 Å². The molecule has 0 aliphatic rings. The Morgan fingerprint density at radius 3 is 2.64 bits per heavy atom. The van der Waals surface area contributed by atoms with Crippen molar-refractivity contribution in [2.75, 3.05) is 5.32 Å². The van der Waals surface area contributed by atoms with Gasteiger partial charge in [0, 0.05) is 11.8 Å². The lowest BCUT2D eigenvalue weighted by molar-refractivity contribution is 0.354. The van der Waals surface area contributed by atoms with E-state index in [1.165, 1.54) is 4.63 Å². The molecule has 0 aliphatic carbocycles. The molecule has 8 heteroatoms. The first-order valence-corrected chi connectivity index (χ1v) is 7.23. The van der Waals surface area contributed by atoms with Gasteiger partial charge < -0.3 is 5.32 Å². The zero-order valence-corrected chi connectivity index (χ0v) is 13.4. The highest BCUT2D eigenvalue weighted by Gasteiger charge is 2.19. The number of aromatic nitrogens is 7. The number of aryl methyl sites for hydroxylation is 1. The van der Waals surface area contributed by atoms with Gasteiger partial charge in [0.2, 0.25) is 0 Å². The van der Waals surface area contributed by atoms with E-state index in [1.807, 2.05) is 23.7 Å². The molecule has 0 spiro atoms. The van der Waals surface area contributed by atoms with Crippen molar-refractivity contribution in [1.82, 2.24) is 35.0 Å². The van der Waals surface area contributed by atoms with Crippen molar-refractivity contribution in [2.45, 2.75) is 46.2 Å². The molecule has 0 bridgehead atoms. The van der Waals surface area contributed by atoms with E-state index in [0.717, 1.165) is 17.1 Å². The Balaban J connectivity index is 1.84. The summed E-state index contributed by atoms with van der Waals surface area (Å²) in [4.78, 5) is 0. The summed E-state index contributed by atoms with van der Waals surface area (Å²) in [5, 5.41) is 23.5. The summed E-state index contributed by atoms with van der Waals surface area (Å²) < 4.78 is 3.40. The summed E-state index contributed by atoms with van der Waals surface area (Å²) in [6, 6.07) is 3.77. The maximum Gasteiger partial charge on any atom is 0.200 e. The first-order chi connectivity index (χ1) is 10.3. The molecular weight excluding hydrogens is 280 g/mol. The van der Waals surface area contributed by atoms with Crippen LogP contribution in [0.25, 0.3) is 5.65 Å². The lowest BCUT2D eigenvalue weighted by Crippen LogP contribution is -2.22. The molecule has 0 aromatic carbocycles. The average molecular weight is 300 g/mol. The number of rotatable bonds is 3. The predicted octanol–water partition coefficient (Wildman–Crippen LogP) is 1.95. The molecule has 0 radical (unpaired) electrons. The Hall–Kier alpha value is -2.51. The van der Waals surface area contributed by atoms with Crippen molar-refractivity contribution in [3.63, 3.8) is 0 Å². The van der Waals surface area contributed by atoms with Crippen molar-refractivity contribution >= 4 is 11.5 Å². The molecule has 3 aromatic rings. The van der Waals surface area contributed by atoms with Crippen LogP contribution >= 0.6 is 0 Å². The van der Waals surface area contributed by atoms with E-state index in [2.05, 4.69) is 64.9 Å². The highest BCUT2D eigenvalue weighted by molar-refractivity contribution is 5.43. The Bertz CT molecular complexity index is 795. The molecule has 3 aromatic heterocycles. The van der Waals surface area contributed by atoms with E-state index in [9.17, 15) is 0 Å². The first kappa shape index (κ1) is 14.4. The third-order valence-corrected chi connectivity index (χ3v) is 3.52. The Morgan fingerprint density at radius 2 is 1.95 bits per heavy atom. The van der Waals surface area contributed by atoms with Gasteiger partial charge in [0.25, 0.3) is 0 Å². The van der Waals surface area contributed by atoms with Crippen LogP contribution in [0.2, 0.25) is 0 Å². The van der Waals surface area contributed by atoms with Crippen LogP contribution in [0.1, 0.15) is 45.0 Å². The molecule has 0 fully saturated rings. The normalized spacial score (nSPS) is 13.5. The molecule has 3 rings (SSSR count). The van der Waals surface area contributed by atoms with Crippen LogP contribution in [0.4, 0.5) is 5.82 Å². The topological polar surface area (TPSA) is 85.8 Å². The third kappa shape index (κ3) is 2.63. The van der Waals surface area contributed by atoms with Gasteiger partial charge in [-0.25, -0.2) is 0 Å². The van der Waals surface area contributed by atoms with Crippen LogP contribution in [-0.4, -0.2) is 35.0 Å². The summed E-state index contributed by atoms with van der Waals surface area (Å²) in [5.74, 6) is 0.718. The second-order valence-corrected chi connectivity index (χ2v) is 6.40. The number of nitrogens with one attached hydrogen (secondary N) is 1. The zero-order chi connectivity index (χ0) is 15.9. The van der Waals surface area contributed by atoms with Gasteiger partial charge in [0.05, 0.1) is 17.3 Å². The molecule has 3 heterocycles. The van der Waals surface area contributed by atoms with Crippen LogP contribution in [0.3, 0.4) is 0 Å². The van der Waals surface area contributed by atoms with E-state index in [4.69, 9.17) is 0 Å². The minimum atomic E-state index is -0.0354. The van der Waals surface area contributed by atoms with E-state index < -0.39 is 0 Å². The number of anilines is 1. The third-order valence-electron chi connectivity index (χ3n) is 3.52. The fourth-order valence-electron chi connectivity index (χ4n) is 2.27. The molecule has 0 saturated carbocycles. The quantitative estimate of drug-likeness (QED) is 0.795. The molecule has 8 nitrogen and oxygen atoms in total. The highest BCUT2D eigenvalue weighted by Crippen LogP contribution is 2.23. The molecule has 116 valence electrons. The fraction of sp³-hybridized carbons (Fsp3) is 0.500. The van der Waals surface area contributed by atoms with Crippen molar-refractivity contribution in [3.05, 3.63) is 29.6 Å².